The van der Waals surface area contributed by atoms with Gasteiger partial charge in [-0.15, -0.1) is 0 Å². The normalized spacial score (nSPS) is 10.2. The summed E-state index contributed by atoms with van der Waals surface area (Å²) < 4.78 is 0. The van der Waals surface area contributed by atoms with Crippen molar-refractivity contribution < 1.29 is 44.4 Å². The molecule has 22 heavy (non-hydrogen) atoms. The first-order valence-corrected chi connectivity index (χ1v) is 5.99. The van der Waals surface area contributed by atoms with Crippen LogP contribution in [0.2, 0.25) is 0 Å². The van der Waals surface area contributed by atoms with E-state index in [1.165, 1.54) is 0 Å². The molecule has 0 aromatic rings. The lowest BCUT2D eigenvalue weighted by Gasteiger charge is -2.21. The molecule has 4 N–H and O–H groups in total. The lowest BCUT2D eigenvalue weighted by Crippen LogP contribution is -2.42. The monoisotopic (exact) mass is 320 g/mol. The van der Waals surface area contributed by atoms with Crippen LogP contribution in [0, 0.1) is 0 Å². The highest BCUT2D eigenvalue weighted by Gasteiger charge is 2.21. The van der Waals surface area contributed by atoms with E-state index in [1.54, 1.807) is 0 Å². The topological polar surface area (TPSA) is 173 Å². The van der Waals surface area contributed by atoms with Crippen LogP contribution in [0.25, 0.3) is 0 Å². The highest BCUT2D eigenvalue weighted by molar-refractivity contribution is 5.85. The second-order valence-corrected chi connectivity index (χ2v) is 4.29. The number of amides is 1. The number of carbonyl (C=O) groups is 5. The van der Waals surface area contributed by atoms with Gasteiger partial charge in [-0.3, -0.25) is 28.9 Å². The molecular formula is C11H16N2O9. The molecule has 0 aliphatic carbocycles. The van der Waals surface area contributed by atoms with Crippen molar-refractivity contribution in [2.24, 2.45) is 0 Å². The SMILES string of the molecule is O=C(O)CN(CCC(=O)N(CC(=O)O)CC(=O)O)CC(=O)O. The van der Waals surface area contributed by atoms with E-state index < -0.39 is 62.4 Å². The number of carbonyl (C=O) groups excluding carboxylic acids is 1. The van der Waals surface area contributed by atoms with Crippen LogP contribution in [-0.2, 0) is 24.0 Å². The van der Waals surface area contributed by atoms with Crippen LogP contribution in [-0.4, -0.2) is 92.7 Å². The molecule has 0 bridgehead atoms. The van der Waals surface area contributed by atoms with Crippen LogP contribution in [0.3, 0.4) is 0 Å². The first-order valence-electron chi connectivity index (χ1n) is 5.99. The van der Waals surface area contributed by atoms with E-state index in [2.05, 4.69) is 0 Å². The van der Waals surface area contributed by atoms with Gasteiger partial charge in [0.25, 0.3) is 0 Å². The Hall–Kier alpha value is -2.69. The third kappa shape index (κ3) is 9.25. The van der Waals surface area contributed by atoms with Crippen molar-refractivity contribution in [2.75, 3.05) is 32.7 Å². The van der Waals surface area contributed by atoms with E-state index in [-0.39, 0.29) is 6.54 Å². The van der Waals surface area contributed by atoms with Gasteiger partial charge in [0.1, 0.15) is 13.1 Å². The summed E-state index contributed by atoms with van der Waals surface area (Å²) in [4.78, 5) is 55.6. The van der Waals surface area contributed by atoms with Gasteiger partial charge >= 0.3 is 23.9 Å². The number of rotatable bonds is 11. The largest absolute Gasteiger partial charge is 0.480 e. The molecule has 0 saturated heterocycles. The van der Waals surface area contributed by atoms with Gasteiger partial charge in [-0.2, -0.15) is 0 Å². The molecule has 0 aliphatic heterocycles. The van der Waals surface area contributed by atoms with E-state index in [0.717, 1.165) is 4.90 Å². The summed E-state index contributed by atoms with van der Waals surface area (Å²) in [7, 11) is 0. The summed E-state index contributed by atoms with van der Waals surface area (Å²) in [6.45, 7) is -3.12. The van der Waals surface area contributed by atoms with Gasteiger partial charge in [-0.25, -0.2) is 0 Å². The highest BCUT2D eigenvalue weighted by atomic mass is 16.4. The molecule has 0 unspecified atom stereocenters. The van der Waals surface area contributed by atoms with Crippen molar-refractivity contribution >= 4 is 29.8 Å². The number of aliphatic carboxylic acids is 4. The van der Waals surface area contributed by atoms with Crippen LogP contribution in [0.15, 0.2) is 0 Å². The molecule has 0 radical (unpaired) electrons. The molecule has 0 fully saturated rings. The Labute approximate surface area is 124 Å². The van der Waals surface area contributed by atoms with Gasteiger partial charge in [0, 0.05) is 13.0 Å². The van der Waals surface area contributed by atoms with Gasteiger partial charge in [-0.1, -0.05) is 0 Å². The Bertz CT molecular complexity index is 430. The summed E-state index contributed by atoms with van der Waals surface area (Å²) in [6.07, 6.45) is -0.402. The standard InChI is InChI=1S/C11H16N2O9/c14-7(13(5-10(19)20)6-11(21)22)1-2-12(3-8(15)16)4-9(17)18/h1-6H2,(H,15,16)(H,17,18)(H,19,20)(H,21,22). The summed E-state index contributed by atoms with van der Waals surface area (Å²) in [5, 5.41) is 34.5. The molecule has 124 valence electrons. The smallest absolute Gasteiger partial charge is 0.323 e. The first-order chi connectivity index (χ1) is 10.1. The third-order valence-corrected chi connectivity index (χ3v) is 2.36. The average Bonchev–Trinajstić information content (AvgIpc) is 2.32. The fourth-order valence-corrected chi connectivity index (χ4v) is 1.57. The summed E-state index contributed by atoms with van der Waals surface area (Å²) in [5.41, 5.74) is 0. The fraction of sp³-hybridized carbons (Fsp3) is 0.545. The van der Waals surface area contributed by atoms with Crippen molar-refractivity contribution in [2.45, 2.75) is 6.42 Å². The number of carboxylic acids is 4. The molecule has 1 amide bonds. The van der Waals surface area contributed by atoms with Crippen LogP contribution in [0.4, 0.5) is 0 Å². The van der Waals surface area contributed by atoms with Crippen LogP contribution >= 0.6 is 0 Å². The first kappa shape index (κ1) is 19.3. The molecule has 0 aliphatic rings. The molecule has 0 heterocycles. The lowest BCUT2D eigenvalue weighted by molar-refractivity contribution is -0.149. The Morgan fingerprint density at radius 3 is 1.32 bits per heavy atom. The molecule has 0 rings (SSSR count). The van der Waals surface area contributed by atoms with Gasteiger partial charge in [0.05, 0.1) is 13.1 Å². The minimum Gasteiger partial charge on any atom is -0.480 e. The number of hydrogen-bond donors (Lipinski definition) is 4. The predicted octanol–water partition coefficient (Wildman–Crippen LogP) is -2.15. The number of nitrogens with zero attached hydrogens (tertiary/aromatic N) is 2. The van der Waals surface area contributed by atoms with E-state index in [0.29, 0.717) is 4.90 Å². The van der Waals surface area contributed by atoms with E-state index in [1.807, 2.05) is 0 Å². The van der Waals surface area contributed by atoms with Crippen molar-refractivity contribution in [1.29, 1.82) is 0 Å². The van der Waals surface area contributed by atoms with E-state index >= 15 is 0 Å². The average molecular weight is 320 g/mol. The van der Waals surface area contributed by atoms with Gasteiger partial charge in [-0.05, 0) is 0 Å². The van der Waals surface area contributed by atoms with E-state index in [9.17, 15) is 24.0 Å². The number of carboxylic acid groups (broad SMARTS) is 4. The zero-order valence-electron chi connectivity index (χ0n) is 11.5. The van der Waals surface area contributed by atoms with Crippen molar-refractivity contribution in [3.63, 3.8) is 0 Å². The second kappa shape index (κ2) is 9.28. The fourth-order valence-electron chi connectivity index (χ4n) is 1.57. The zero-order valence-corrected chi connectivity index (χ0v) is 11.5. The summed E-state index contributed by atoms with van der Waals surface area (Å²) in [6, 6.07) is 0. The van der Waals surface area contributed by atoms with Gasteiger partial charge < -0.3 is 25.3 Å². The third-order valence-electron chi connectivity index (χ3n) is 2.36. The Balaban J connectivity index is 4.66. The van der Waals surface area contributed by atoms with Gasteiger partial charge in [0.2, 0.25) is 5.91 Å². The van der Waals surface area contributed by atoms with Crippen molar-refractivity contribution in [3.8, 4) is 0 Å². The molecular weight excluding hydrogens is 304 g/mol. The molecule has 0 atom stereocenters. The summed E-state index contributed by atoms with van der Waals surface area (Å²) >= 11 is 0. The minimum atomic E-state index is -1.40. The van der Waals surface area contributed by atoms with Crippen molar-refractivity contribution in [1.82, 2.24) is 9.80 Å². The maximum absolute atomic E-state index is 11.8. The molecule has 0 saturated carbocycles. The molecule has 0 aromatic carbocycles. The summed E-state index contributed by atoms with van der Waals surface area (Å²) in [5.74, 6) is -6.21. The van der Waals surface area contributed by atoms with Gasteiger partial charge in [0.15, 0.2) is 0 Å². The van der Waals surface area contributed by atoms with Crippen molar-refractivity contribution in [3.05, 3.63) is 0 Å². The Morgan fingerprint density at radius 1 is 0.636 bits per heavy atom. The lowest BCUT2D eigenvalue weighted by atomic mass is 10.3. The predicted molar refractivity (Wildman–Crippen MR) is 68.2 cm³/mol. The van der Waals surface area contributed by atoms with Crippen LogP contribution < -0.4 is 0 Å². The zero-order chi connectivity index (χ0) is 17.3. The molecule has 11 heteroatoms. The maximum atomic E-state index is 11.8. The molecule has 11 nitrogen and oxygen atoms in total. The highest BCUT2D eigenvalue weighted by Crippen LogP contribution is 1.99. The maximum Gasteiger partial charge on any atom is 0.323 e. The van der Waals surface area contributed by atoms with E-state index in [4.69, 9.17) is 20.4 Å². The minimum absolute atomic E-state index is 0.257. The molecule has 0 spiro atoms. The Kier molecular flexibility index (Phi) is 8.15. The number of hydrogen-bond acceptors (Lipinski definition) is 6. The quantitative estimate of drug-likeness (QED) is 0.328. The van der Waals surface area contributed by atoms with Crippen LogP contribution in [0.1, 0.15) is 6.42 Å². The molecule has 0 aromatic heterocycles. The Morgan fingerprint density at radius 2 is 1.00 bits per heavy atom. The second-order valence-electron chi connectivity index (χ2n) is 4.29. The van der Waals surface area contributed by atoms with Crippen LogP contribution in [0.5, 0.6) is 0 Å².